The second-order valence-corrected chi connectivity index (χ2v) is 6.03. The van der Waals surface area contributed by atoms with Crippen molar-refractivity contribution >= 4 is 11.9 Å². The van der Waals surface area contributed by atoms with E-state index in [0.717, 1.165) is 11.1 Å². The summed E-state index contributed by atoms with van der Waals surface area (Å²) in [6.45, 7) is 2.77. The summed E-state index contributed by atoms with van der Waals surface area (Å²) in [7, 11) is 0. The van der Waals surface area contributed by atoms with Gasteiger partial charge in [-0.3, -0.25) is 9.59 Å². The first kappa shape index (κ1) is 16.1. The van der Waals surface area contributed by atoms with Crippen LogP contribution in [0.2, 0.25) is 0 Å². The predicted molar refractivity (Wildman–Crippen MR) is 84.9 cm³/mol. The molecule has 0 saturated carbocycles. The van der Waals surface area contributed by atoms with Gasteiger partial charge < -0.3 is 10.0 Å². The normalized spacial score (nSPS) is 17.7. The van der Waals surface area contributed by atoms with E-state index in [0.29, 0.717) is 25.2 Å². The van der Waals surface area contributed by atoms with Crippen molar-refractivity contribution in [3.05, 3.63) is 29.8 Å². The minimum Gasteiger partial charge on any atom is -0.481 e. The highest BCUT2D eigenvalue weighted by molar-refractivity contribution is 5.77. The van der Waals surface area contributed by atoms with Gasteiger partial charge in [-0.25, -0.2) is 0 Å². The number of likely N-dealkylation sites (tertiary alicyclic amines) is 1. The first-order valence-electron chi connectivity index (χ1n) is 7.88. The molecule has 1 amide bonds. The van der Waals surface area contributed by atoms with E-state index in [1.54, 1.807) is 4.90 Å². The molecule has 0 spiro atoms. The molecule has 1 aromatic carbocycles. The SMILES string of the molecule is Cc1ccc(-c2nnn(CC(=O)N3CCC[C@@H](C(=O)O)C3)n2)cc1. The Balaban J connectivity index is 1.65. The number of carbonyl (C=O) groups excluding carboxylic acids is 1. The molecule has 0 unspecified atom stereocenters. The average Bonchev–Trinajstić information content (AvgIpc) is 3.04. The number of aryl methyl sites for hydroxylation is 1. The lowest BCUT2D eigenvalue weighted by molar-refractivity contribution is -0.145. The Morgan fingerprint density at radius 3 is 2.75 bits per heavy atom. The summed E-state index contributed by atoms with van der Waals surface area (Å²) in [5.74, 6) is -1.07. The van der Waals surface area contributed by atoms with E-state index < -0.39 is 11.9 Å². The lowest BCUT2D eigenvalue weighted by Gasteiger charge is -2.30. The molecule has 8 nitrogen and oxygen atoms in total. The molecule has 1 N–H and O–H groups in total. The second kappa shape index (κ2) is 6.77. The van der Waals surface area contributed by atoms with Crippen LogP contribution in [0, 0.1) is 12.8 Å². The van der Waals surface area contributed by atoms with E-state index >= 15 is 0 Å². The Labute approximate surface area is 139 Å². The van der Waals surface area contributed by atoms with Gasteiger partial charge in [0, 0.05) is 18.7 Å². The molecule has 8 heteroatoms. The van der Waals surface area contributed by atoms with Crippen LogP contribution in [0.3, 0.4) is 0 Å². The number of nitrogens with zero attached hydrogens (tertiary/aromatic N) is 5. The van der Waals surface area contributed by atoms with E-state index in [2.05, 4.69) is 15.4 Å². The maximum atomic E-state index is 12.3. The van der Waals surface area contributed by atoms with Crippen LogP contribution in [-0.2, 0) is 16.1 Å². The van der Waals surface area contributed by atoms with Crippen LogP contribution < -0.4 is 0 Å². The summed E-state index contributed by atoms with van der Waals surface area (Å²) in [6.07, 6.45) is 1.31. The molecule has 0 bridgehead atoms. The Morgan fingerprint density at radius 1 is 1.29 bits per heavy atom. The minimum atomic E-state index is -0.854. The third-order valence-corrected chi connectivity index (χ3v) is 4.16. The maximum absolute atomic E-state index is 12.3. The molecule has 126 valence electrons. The molecule has 1 fully saturated rings. The van der Waals surface area contributed by atoms with Gasteiger partial charge in [-0.15, -0.1) is 10.2 Å². The predicted octanol–water partition coefficient (Wildman–Crippen LogP) is 0.972. The summed E-state index contributed by atoms with van der Waals surface area (Å²) in [4.78, 5) is 26.2. The van der Waals surface area contributed by atoms with Crippen molar-refractivity contribution in [1.29, 1.82) is 0 Å². The fourth-order valence-corrected chi connectivity index (χ4v) is 2.75. The van der Waals surface area contributed by atoms with Crippen molar-refractivity contribution < 1.29 is 14.7 Å². The molecular formula is C16H19N5O3. The molecule has 2 heterocycles. The Hall–Kier alpha value is -2.77. The van der Waals surface area contributed by atoms with Crippen LogP contribution in [-0.4, -0.2) is 55.2 Å². The monoisotopic (exact) mass is 329 g/mol. The number of hydrogen-bond donors (Lipinski definition) is 1. The second-order valence-electron chi connectivity index (χ2n) is 6.03. The number of hydrogen-bond acceptors (Lipinski definition) is 5. The number of tetrazole rings is 1. The molecule has 1 aliphatic heterocycles. The largest absolute Gasteiger partial charge is 0.481 e. The van der Waals surface area contributed by atoms with Crippen LogP contribution in [0.4, 0.5) is 0 Å². The zero-order valence-corrected chi connectivity index (χ0v) is 13.4. The van der Waals surface area contributed by atoms with Gasteiger partial charge in [0.15, 0.2) is 0 Å². The number of carboxylic acids is 1. The molecule has 0 radical (unpaired) electrons. The fourth-order valence-electron chi connectivity index (χ4n) is 2.75. The summed E-state index contributed by atoms with van der Waals surface area (Å²) in [6, 6.07) is 7.73. The smallest absolute Gasteiger partial charge is 0.308 e. The molecule has 1 aliphatic rings. The fraction of sp³-hybridized carbons (Fsp3) is 0.438. The summed E-state index contributed by atoms with van der Waals surface area (Å²) in [5.41, 5.74) is 1.97. The molecule has 1 saturated heterocycles. The number of amides is 1. The molecule has 24 heavy (non-hydrogen) atoms. The van der Waals surface area contributed by atoms with Gasteiger partial charge in [0.1, 0.15) is 6.54 Å². The number of benzene rings is 1. The standard InChI is InChI=1S/C16H19N5O3/c1-11-4-6-12(7-5-11)15-17-19-21(18-15)10-14(22)20-8-2-3-13(9-20)16(23)24/h4-7,13H,2-3,8-10H2,1H3,(H,23,24)/t13-/m1/s1. The van der Waals surface area contributed by atoms with Crippen LogP contribution >= 0.6 is 0 Å². The number of piperidine rings is 1. The number of rotatable bonds is 4. The van der Waals surface area contributed by atoms with E-state index in [-0.39, 0.29) is 19.0 Å². The van der Waals surface area contributed by atoms with Crippen molar-refractivity contribution in [1.82, 2.24) is 25.1 Å². The van der Waals surface area contributed by atoms with Gasteiger partial charge in [0.25, 0.3) is 0 Å². The topological polar surface area (TPSA) is 101 Å². The minimum absolute atomic E-state index is 0.0365. The highest BCUT2D eigenvalue weighted by atomic mass is 16.4. The molecule has 2 aromatic rings. The molecule has 3 rings (SSSR count). The first-order valence-corrected chi connectivity index (χ1v) is 7.88. The van der Waals surface area contributed by atoms with E-state index in [1.165, 1.54) is 4.80 Å². The molecule has 0 aliphatic carbocycles. The molecular weight excluding hydrogens is 310 g/mol. The zero-order chi connectivity index (χ0) is 17.1. The summed E-state index contributed by atoms with van der Waals surface area (Å²) in [5, 5.41) is 21.2. The van der Waals surface area contributed by atoms with Gasteiger partial charge >= 0.3 is 5.97 Å². The zero-order valence-electron chi connectivity index (χ0n) is 13.4. The van der Waals surface area contributed by atoms with Crippen molar-refractivity contribution in [2.75, 3.05) is 13.1 Å². The van der Waals surface area contributed by atoms with E-state index in [1.807, 2.05) is 31.2 Å². The van der Waals surface area contributed by atoms with Crippen LogP contribution in [0.5, 0.6) is 0 Å². The van der Waals surface area contributed by atoms with Crippen molar-refractivity contribution in [3.63, 3.8) is 0 Å². The van der Waals surface area contributed by atoms with E-state index in [9.17, 15) is 9.59 Å². The van der Waals surface area contributed by atoms with Crippen LogP contribution in [0.1, 0.15) is 18.4 Å². The summed E-state index contributed by atoms with van der Waals surface area (Å²) < 4.78 is 0. The third kappa shape index (κ3) is 3.58. The number of carboxylic acid groups (broad SMARTS) is 1. The van der Waals surface area contributed by atoms with Crippen molar-refractivity contribution in [2.45, 2.75) is 26.3 Å². The molecule has 1 atom stereocenters. The first-order chi connectivity index (χ1) is 11.5. The van der Waals surface area contributed by atoms with Gasteiger partial charge in [-0.1, -0.05) is 29.8 Å². The van der Waals surface area contributed by atoms with Gasteiger partial charge in [-0.2, -0.15) is 4.80 Å². The number of aromatic nitrogens is 4. The third-order valence-electron chi connectivity index (χ3n) is 4.16. The average molecular weight is 329 g/mol. The van der Waals surface area contributed by atoms with Gasteiger partial charge in [0.2, 0.25) is 11.7 Å². The van der Waals surface area contributed by atoms with E-state index in [4.69, 9.17) is 5.11 Å². The number of carbonyl (C=O) groups is 2. The van der Waals surface area contributed by atoms with Gasteiger partial charge in [-0.05, 0) is 25.0 Å². The lowest BCUT2D eigenvalue weighted by atomic mass is 9.98. The maximum Gasteiger partial charge on any atom is 0.308 e. The van der Waals surface area contributed by atoms with Crippen molar-refractivity contribution in [3.8, 4) is 11.4 Å². The summed E-state index contributed by atoms with van der Waals surface area (Å²) >= 11 is 0. The lowest BCUT2D eigenvalue weighted by Crippen LogP contribution is -2.43. The van der Waals surface area contributed by atoms with Crippen LogP contribution in [0.25, 0.3) is 11.4 Å². The van der Waals surface area contributed by atoms with Gasteiger partial charge in [0.05, 0.1) is 5.92 Å². The highest BCUT2D eigenvalue weighted by Gasteiger charge is 2.28. The number of aliphatic carboxylic acids is 1. The Bertz CT molecular complexity index is 740. The Kier molecular flexibility index (Phi) is 4.54. The highest BCUT2D eigenvalue weighted by Crippen LogP contribution is 2.17. The quantitative estimate of drug-likeness (QED) is 0.897. The van der Waals surface area contributed by atoms with Crippen LogP contribution in [0.15, 0.2) is 24.3 Å². The molecule has 1 aromatic heterocycles. The van der Waals surface area contributed by atoms with Crippen molar-refractivity contribution in [2.24, 2.45) is 5.92 Å². The Morgan fingerprint density at radius 2 is 2.04 bits per heavy atom.